The number of aryl methyl sites for hydroxylation is 4. The number of imidazole rings is 1. The Kier molecular flexibility index (Phi) is 5.55. The quantitative estimate of drug-likeness (QED) is 0.270. The maximum Gasteiger partial charge on any atom is 0.294 e. The van der Waals surface area contributed by atoms with Crippen LogP contribution >= 0.6 is 0 Å². The van der Waals surface area contributed by atoms with Crippen LogP contribution in [0.1, 0.15) is 68.4 Å². The van der Waals surface area contributed by atoms with Crippen LogP contribution in [0.2, 0.25) is 0 Å². The van der Waals surface area contributed by atoms with Crippen molar-refractivity contribution in [2.75, 3.05) is 0 Å². The first-order valence-corrected chi connectivity index (χ1v) is 13.1. The van der Waals surface area contributed by atoms with Crippen LogP contribution in [-0.4, -0.2) is 4.57 Å². The fraction of sp³-hybridized carbons (Fsp3) is 0.364. The Hall–Kier alpha value is -3.13. The molecule has 35 heavy (non-hydrogen) atoms. The van der Waals surface area contributed by atoms with E-state index in [1.807, 2.05) is 0 Å². The van der Waals surface area contributed by atoms with Gasteiger partial charge in [0.15, 0.2) is 0 Å². The van der Waals surface area contributed by atoms with Crippen LogP contribution in [0.5, 0.6) is 0 Å². The van der Waals surface area contributed by atoms with Crippen LogP contribution in [0.3, 0.4) is 0 Å². The van der Waals surface area contributed by atoms with E-state index in [4.69, 9.17) is 0 Å². The molecule has 0 saturated carbocycles. The van der Waals surface area contributed by atoms with Gasteiger partial charge in [-0.3, -0.25) is 0 Å². The largest absolute Gasteiger partial charge is 0.294 e. The molecule has 0 saturated heterocycles. The van der Waals surface area contributed by atoms with E-state index < -0.39 is 0 Å². The normalized spacial score (nSPS) is 21.0. The molecule has 2 unspecified atom stereocenters. The zero-order valence-corrected chi connectivity index (χ0v) is 22.7. The molecule has 3 aromatic carbocycles. The van der Waals surface area contributed by atoms with Crippen molar-refractivity contribution in [3.63, 3.8) is 0 Å². The fourth-order valence-corrected chi connectivity index (χ4v) is 6.72. The molecule has 1 aliphatic rings. The molecule has 0 N–H and O–H groups in total. The van der Waals surface area contributed by atoms with Crippen molar-refractivity contribution >= 4 is 0 Å². The molecule has 180 valence electrons. The molecule has 2 heterocycles. The average molecular weight is 464 g/mol. The molecule has 0 amide bonds. The highest BCUT2D eigenvalue weighted by Crippen LogP contribution is 2.50. The van der Waals surface area contributed by atoms with E-state index in [0.717, 1.165) is 12.8 Å². The summed E-state index contributed by atoms with van der Waals surface area (Å²) in [4.78, 5) is 0. The monoisotopic (exact) mass is 463 g/mol. The van der Waals surface area contributed by atoms with Crippen LogP contribution in [0.15, 0.2) is 67.0 Å². The van der Waals surface area contributed by atoms with Crippen LogP contribution in [0.25, 0.3) is 28.2 Å². The van der Waals surface area contributed by atoms with E-state index in [2.05, 4.69) is 132 Å². The Morgan fingerprint density at radius 3 is 1.97 bits per heavy atom. The van der Waals surface area contributed by atoms with Gasteiger partial charge in [0.2, 0.25) is 0 Å². The van der Waals surface area contributed by atoms with Gasteiger partial charge >= 0.3 is 0 Å². The zero-order valence-electron chi connectivity index (χ0n) is 22.7. The maximum absolute atomic E-state index is 2.57. The summed E-state index contributed by atoms with van der Waals surface area (Å²) in [5.41, 5.74) is 12.0. The van der Waals surface area contributed by atoms with Crippen molar-refractivity contribution in [1.82, 2.24) is 4.57 Å². The highest BCUT2D eigenvalue weighted by molar-refractivity contribution is 5.72. The minimum Gasteiger partial charge on any atom is -0.224 e. The van der Waals surface area contributed by atoms with Crippen LogP contribution < -0.4 is 4.57 Å². The molecular formula is C33H39N2+. The van der Waals surface area contributed by atoms with Crippen molar-refractivity contribution in [3.05, 3.63) is 94.8 Å². The van der Waals surface area contributed by atoms with E-state index >= 15 is 0 Å². The molecule has 0 bridgehead atoms. The second-order valence-electron chi connectivity index (χ2n) is 11.1. The third kappa shape index (κ3) is 3.33. The maximum atomic E-state index is 2.57. The third-order valence-electron chi connectivity index (χ3n) is 8.99. The van der Waals surface area contributed by atoms with E-state index in [-0.39, 0.29) is 11.0 Å². The van der Waals surface area contributed by atoms with E-state index in [0.29, 0.717) is 0 Å². The van der Waals surface area contributed by atoms with Gasteiger partial charge in [0, 0.05) is 5.41 Å². The summed E-state index contributed by atoms with van der Waals surface area (Å²) < 4.78 is 5.01. The van der Waals surface area contributed by atoms with E-state index in [1.165, 1.54) is 56.0 Å². The van der Waals surface area contributed by atoms with Gasteiger partial charge in [-0.1, -0.05) is 68.3 Å². The molecule has 4 aromatic rings. The van der Waals surface area contributed by atoms with Gasteiger partial charge in [-0.15, -0.1) is 0 Å². The van der Waals surface area contributed by atoms with Gasteiger partial charge in [0.25, 0.3) is 5.82 Å². The summed E-state index contributed by atoms with van der Waals surface area (Å²) in [7, 11) is 0. The van der Waals surface area contributed by atoms with E-state index in [9.17, 15) is 0 Å². The van der Waals surface area contributed by atoms with E-state index in [1.54, 1.807) is 0 Å². The van der Waals surface area contributed by atoms with Crippen molar-refractivity contribution in [2.45, 2.75) is 79.2 Å². The highest BCUT2D eigenvalue weighted by Gasteiger charge is 2.55. The molecule has 5 rings (SSSR count). The summed E-state index contributed by atoms with van der Waals surface area (Å²) in [6, 6.07) is 20.6. The number of rotatable bonds is 4. The lowest BCUT2D eigenvalue weighted by atomic mass is 9.61. The highest BCUT2D eigenvalue weighted by atomic mass is 15.2. The van der Waals surface area contributed by atoms with Gasteiger partial charge in [0.05, 0.1) is 5.56 Å². The minimum atomic E-state index is -0.00245. The SMILES string of the molecule is CCC1(C)c2ccccc2-c2n(-c3c(C)cc(-c4cc(C)cc(C)c4)cc3C)cc[n+]2C1(C)CC. The number of benzene rings is 3. The Labute approximate surface area is 211 Å². The lowest BCUT2D eigenvalue weighted by molar-refractivity contribution is -0.764. The Morgan fingerprint density at radius 1 is 0.771 bits per heavy atom. The standard InChI is InChI=1S/C33H39N2/c1-9-32(7)29-14-12-11-13-28(29)31-34(15-16-35(31)33(32,8)10-2)30-24(5)20-27(21-25(30)6)26-18-22(3)17-23(4)19-26/h11-21H,9-10H2,1-8H3/q+1. The molecule has 0 radical (unpaired) electrons. The van der Waals surface area contributed by atoms with Crippen LogP contribution in [0, 0.1) is 27.7 Å². The van der Waals surface area contributed by atoms with Gasteiger partial charge < -0.3 is 0 Å². The molecule has 2 nitrogen and oxygen atoms in total. The Balaban J connectivity index is 1.75. The molecule has 1 aliphatic heterocycles. The fourth-order valence-electron chi connectivity index (χ4n) is 6.72. The van der Waals surface area contributed by atoms with Gasteiger partial charge in [-0.2, -0.15) is 4.57 Å². The predicted octanol–water partition coefficient (Wildman–Crippen LogP) is 8.14. The summed E-state index contributed by atoms with van der Waals surface area (Å²) in [5, 5.41) is 0. The number of aromatic nitrogens is 2. The molecule has 0 spiro atoms. The molecule has 0 aliphatic carbocycles. The second kappa shape index (κ2) is 8.22. The lowest BCUT2D eigenvalue weighted by Crippen LogP contribution is -2.67. The average Bonchev–Trinajstić information content (AvgIpc) is 3.26. The second-order valence-corrected chi connectivity index (χ2v) is 11.1. The number of hydrogen-bond donors (Lipinski definition) is 0. The van der Waals surface area contributed by atoms with Gasteiger partial charge in [-0.05, 0) is 93.5 Å². The summed E-state index contributed by atoms with van der Waals surface area (Å²) in [6.45, 7) is 18.5. The number of fused-ring (bicyclic) bond motifs is 3. The molecular weight excluding hydrogens is 424 g/mol. The first-order chi connectivity index (χ1) is 16.6. The van der Waals surface area contributed by atoms with Crippen molar-refractivity contribution in [2.24, 2.45) is 0 Å². The molecule has 2 atom stereocenters. The first kappa shape index (κ1) is 23.6. The summed E-state index contributed by atoms with van der Waals surface area (Å²) >= 11 is 0. The Bertz CT molecular complexity index is 1400. The topological polar surface area (TPSA) is 8.81 Å². The smallest absolute Gasteiger partial charge is 0.224 e. The lowest BCUT2D eigenvalue weighted by Gasteiger charge is -2.47. The predicted molar refractivity (Wildman–Crippen MR) is 147 cm³/mol. The van der Waals surface area contributed by atoms with Crippen molar-refractivity contribution in [1.29, 1.82) is 0 Å². The first-order valence-electron chi connectivity index (χ1n) is 13.1. The van der Waals surface area contributed by atoms with Crippen molar-refractivity contribution < 1.29 is 4.57 Å². The van der Waals surface area contributed by atoms with Gasteiger partial charge in [0.1, 0.15) is 23.6 Å². The van der Waals surface area contributed by atoms with Crippen LogP contribution in [-0.2, 0) is 11.0 Å². The van der Waals surface area contributed by atoms with Crippen molar-refractivity contribution in [3.8, 4) is 28.2 Å². The minimum absolute atomic E-state index is 0.00245. The summed E-state index contributed by atoms with van der Waals surface area (Å²) in [6.07, 6.45) is 6.79. The number of hydrogen-bond acceptors (Lipinski definition) is 0. The summed E-state index contributed by atoms with van der Waals surface area (Å²) in [5.74, 6) is 1.29. The zero-order chi connectivity index (χ0) is 25.1. The molecule has 2 heteroatoms. The Morgan fingerprint density at radius 2 is 1.37 bits per heavy atom. The number of nitrogens with zero attached hydrogens (tertiary/aromatic N) is 2. The molecule has 0 fully saturated rings. The van der Waals surface area contributed by atoms with Gasteiger partial charge in [-0.25, -0.2) is 4.57 Å². The molecule has 1 aromatic heterocycles. The third-order valence-corrected chi connectivity index (χ3v) is 8.99. The van der Waals surface area contributed by atoms with Crippen LogP contribution in [0.4, 0.5) is 0 Å².